The van der Waals surface area contributed by atoms with Gasteiger partial charge in [0.2, 0.25) is 0 Å². The number of hydrogen-bond donors (Lipinski definition) is 0. The van der Waals surface area contributed by atoms with Crippen molar-refractivity contribution in [3.8, 4) is 28.3 Å². The molecule has 3 aromatic rings. The zero-order valence-corrected chi connectivity index (χ0v) is 19.8. The lowest BCUT2D eigenvalue weighted by molar-refractivity contribution is -0.133. The van der Waals surface area contributed by atoms with Crippen LogP contribution in [0.25, 0.3) is 22.5 Å². The van der Waals surface area contributed by atoms with Crippen LogP contribution >= 0.6 is 0 Å². The molecule has 0 bridgehead atoms. The minimum absolute atomic E-state index is 0.240. The summed E-state index contributed by atoms with van der Waals surface area (Å²) in [6, 6.07) is 15.8. The van der Waals surface area contributed by atoms with Crippen molar-refractivity contribution < 1.29 is 9.53 Å². The molecule has 0 fully saturated rings. The fraction of sp³-hybridized carbons (Fsp3) is 0.345. The Bertz CT molecular complexity index is 1010. The first-order chi connectivity index (χ1) is 16.2. The number of nitrogens with zero attached hydrogens (tertiary/aromatic N) is 2. The first-order valence-corrected chi connectivity index (χ1v) is 12.1. The molecular weight excluding hydrogens is 408 g/mol. The molecular formula is C29H34N2O2. The van der Waals surface area contributed by atoms with E-state index in [4.69, 9.17) is 4.74 Å². The number of esters is 1. The van der Waals surface area contributed by atoms with Crippen LogP contribution in [0.15, 0.2) is 73.1 Å². The van der Waals surface area contributed by atoms with E-state index in [1.54, 1.807) is 0 Å². The van der Waals surface area contributed by atoms with E-state index in [9.17, 15) is 4.79 Å². The number of allylic oxidation sites excluding steroid dienone is 1. The summed E-state index contributed by atoms with van der Waals surface area (Å²) in [7, 11) is 0. The van der Waals surface area contributed by atoms with Crippen molar-refractivity contribution in [2.45, 2.75) is 65.2 Å². The molecule has 0 saturated carbocycles. The summed E-state index contributed by atoms with van der Waals surface area (Å²) in [6.45, 7) is 4.36. The van der Waals surface area contributed by atoms with Crippen LogP contribution in [0.2, 0.25) is 0 Å². The molecule has 0 unspecified atom stereocenters. The van der Waals surface area contributed by atoms with Gasteiger partial charge in [-0.15, -0.1) is 0 Å². The van der Waals surface area contributed by atoms with Crippen molar-refractivity contribution in [3.63, 3.8) is 0 Å². The Morgan fingerprint density at radius 2 is 1.39 bits per heavy atom. The SMILES string of the molecule is CCCC/C=C\CC(=O)Oc1ccc(-c2ccc(-c3ncc(CCCCC)cn3)cc2)cc1. The van der Waals surface area contributed by atoms with Gasteiger partial charge in [0.25, 0.3) is 0 Å². The fourth-order valence-corrected chi connectivity index (χ4v) is 3.53. The van der Waals surface area contributed by atoms with E-state index < -0.39 is 0 Å². The minimum Gasteiger partial charge on any atom is -0.426 e. The standard InChI is InChI=1S/C29H34N2O2/c1-3-5-7-8-10-12-28(32)33-27-19-17-25(18-20-27)24-13-15-26(16-14-24)29-30-21-23(22-31-29)11-9-6-4-2/h8,10,13-22H,3-7,9,11-12H2,1-2H3/b10-8-. The average Bonchev–Trinajstić information content (AvgIpc) is 2.85. The van der Waals surface area contributed by atoms with Crippen LogP contribution in [0.5, 0.6) is 5.75 Å². The first-order valence-electron chi connectivity index (χ1n) is 12.1. The zero-order chi connectivity index (χ0) is 23.3. The molecule has 0 spiro atoms. The van der Waals surface area contributed by atoms with Gasteiger partial charge in [0.1, 0.15) is 5.75 Å². The Balaban J connectivity index is 1.55. The predicted molar refractivity (Wildman–Crippen MR) is 135 cm³/mol. The molecule has 0 aliphatic carbocycles. The number of unbranched alkanes of at least 4 members (excludes halogenated alkanes) is 4. The Hall–Kier alpha value is -3.27. The number of aromatic nitrogens is 2. The molecule has 0 aliphatic rings. The van der Waals surface area contributed by atoms with E-state index in [0.717, 1.165) is 48.2 Å². The lowest BCUT2D eigenvalue weighted by atomic mass is 10.0. The van der Waals surface area contributed by atoms with E-state index in [-0.39, 0.29) is 5.97 Å². The van der Waals surface area contributed by atoms with Crippen LogP contribution < -0.4 is 4.74 Å². The van der Waals surface area contributed by atoms with Crippen LogP contribution in [-0.2, 0) is 11.2 Å². The number of hydrogen-bond acceptors (Lipinski definition) is 4. The normalized spacial score (nSPS) is 11.1. The summed E-state index contributed by atoms with van der Waals surface area (Å²) in [5.41, 5.74) is 4.34. The van der Waals surface area contributed by atoms with Gasteiger partial charge < -0.3 is 4.74 Å². The highest BCUT2D eigenvalue weighted by atomic mass is 16.5. The molecule has 0 amide bonds. The second-order valence-electron chi connectivity index (χ2n) is 8.27. The van der Waals surface area contributed by atoms with E-state index in [2.05, 4.69) is 35.9 Å². The van der Waals surface area contributed by atoms with Crippen LogP contribution in [-0.4, -0.2) is 15.9 Å². The Morgan fingerprint density at radius 1 is 0.788 bits per heavy atom. The number of benzene rings is 2. The molecule has 33 heavy (non-hydrogen) atoms. The van der Waals surface area contributed by atoms with Gasteiger partial charge in [-0.3, -0.25) is 4.79 Å². The lowest BCUT2D eigenvalue weighted by Gasteiger charge is -2.07. The molecule has 2 aromatic carbocycles. The third-order valence-corrected chi connectivity index (χ3v) is 5.51. The molecule has 0 aliphatic heterocycles. The van der Waals surface area contributed by atoms with Gasteiger partial charge in [0.15, 0.2) is 5.82 Å². The molecule has 0 atom stereocenters. The first kappa shape index (κ1) is 24.4. The highest BCUT2D eigenvalue weighted by molar-refractivity contribution is 5.74. The number of carbonyl (C=O) groups is 1. The molecule has 0 radical (unpaired) electrons. The fourth-order valence-electron chi connectivity index (χ4n) is 3.53. The van der Waals surface area contributed by atoms with Gasteiger partial charge in [0.05, 0.1) is 6.42 Å². The molecule has 0 saturated heterocycles. The van der Waals surface area contributed by atoms with Crippen molar-refractivity contribution in [2.75, 3.05) is 0 Å². The van der Waals surface area contributed by atoms with Crippen LogP contribution in [0.3, 0.4) is 0 Å². The molecule has 172 valence electrons. The third kappa shape index (κ3) is 7.98. The number of carbonyl (C=O) groups excluding carboxylic acids is 1. The van der Waals surface area contributed by atoms with E-state index in [1.165, 1.54) is 24.8 Å². The van der Waals surface area contributed by atoms with Crippen LogP contribution in [0.4, 0.5) is 0 Å². The maximum Gasteiger partial charge on any atom is 0.315 e. The van der Waals surface area contributed by atoms with Gasteiger partial charge in [-0.25, -0.2) is 9.97 Å². The quantitative estimate of drug-likeness (QED) is 0.125. The average molecular weight is 443 g/mol. The number of ether oxygens (including phenoxy) is 1. The molecule has 3 rings (SSSR count). The van der Waals surface area contributed by atoms with Crippen molar-refractivity contribution in [3.05, 3.63) is 78.6 Å². The summed E-state index contributed by atoms with van der Waals surface area (Å²) in [6.07, 6.45) is 16.1. The molecule has 1 heterocycles. The molecule has 1 aromatic heterocycles. The van der Waals surface area contributed by atoms with Crippen LogP contribution in [0.1, 0.15) is 64.4 Å². The Morgan fingerprint density at radius 3 is 2.03 bits per heavy atom. The largest absolute Gasteiger partial charge is 0.426 e. The minimum atomic E-state index is -0.240. The van der Waals surface area contributed by atoms with Gasteiger partial charge in [-0.05, 0) is 48.1 Å². The van der Waals surface area contributed by atoms with Gasteiger partial charge >= 0.3 is 5.97 Å². The zero-order valence-electron chi connectivity index (χ0n) is 19.8. The maximum atomic E-state index is 12.0. The van der Waals surface area contributed by atoms with Crippen molar-refractivity contribution in [1.29, 1.82) is 0 Å². The van der Waals surface area contributed by atoms with Crippen molar-refractivity contribution in [2.24, 2.45) is 0 Å². The van der Waals surface area contributed by atoms with E-state index in [0.29, 0.717) is 12.2 Å². The molecule has 4 heteroatoms. The summed E-state index contributed by atoms with van der Waals surface area (Å²) in [4.78, 5) is 21.1. The smallest absolute Gasteiger partial charge is 0.315 e. The Kier molecular flexibility index (Phi) is 9.84. The highest BCUT2D eigenvalue weighted by Gasteiger charge is 2.06. The van der Waals surface area contributed by atoms with Crippen LogP contribution in [0, 0.1) is 0 Å². The molecule has 4 nitrogen and oxygen atoms in total. The lowest BCUT2D eigenvalue weighted by Crippen LogP contribution is -2.05. The Labute approximate surface area is 197 Å². The van der Waals surface area contributed by atoms with Gasteiger partial charge in [-0.2, -0.15) is 0 Å². The highest BCUT2D eigenvalue weighted by Crippen LogP contribution is 2.25. The third-order valence-electron chi connectivity index (χ3n) is 5.51. The topological polar surface area (TPSA) is 52.1 Å². The summed E-state index contributed by atoms with van der Waals surface area (Å²) in [5.74, 6) is 1.07. The number of rotatable bonds is 12. The van der Waals surface area contributed by atoms with Gasteiger partial charge in [0, 0.05) is 18.0 Å². The monoisotopic (exact) mass is 442 g/mol. The summed E-state index contributed by atoms with van der Waals surface area (Å²) < 4.78 is 5.42. The van der Waals surface area contributed by atoms with Gasteiger partial charge in [-0.1, -0.05) is 88.1 Å². The van der Waals surface area contributed by atoms with E-state index >= 15 is 0 Å². The summed E-state index contributed by atoms with van der Waals surface area (Å²) in [5, 5.41) is 0. The maximum absolute atomic E-state index is 12.0. The van der Waals surface area contributed by atoms with E-state index in [1.807, 2.05) is 60.9 Å². The predicted octanol–water partition coefficient (Wildman–Crippen LogP) is 7.59. The summed E-state index contributed by atoms with van der Waals surface area (Å²) >= 11 is 0. The van der Waals surface area contributed by atoms with Crippen molar-refractivity contribution >= 4 is 5.97 Å². The van der Waals surface area contributed by atoms with Crippen molar-refractivity contribution in [1.82, 2.24) is 9.97 Å². The number of aryl methyl sites for hydroxylation is 1. The second-order valence-corrected chi connectivity index (χ2v) is 8.27. The molecule has 0 N–H and O–H groups in total. The second kappa shape index (κ2) is 13.3.